The van der Waals surface area contributed by atoms with Gasteiger partial charge in [-0.05, 0) is 37.4 Å². The van der Waals surface area contributed by atoms with Crippen LogP contribution >= 0.6 is 11.6 Å². The van der Waals surface area contributed by atoms with Crippen LogP contribution in [0.5, 0.6) is 11.5 Å². The van der Waals surface area contributed by atoms with Crippen LogP contribution in [-0.2, 0) is 9.53 Å². The lowest BCUT2D eigenvalue weighted by molar-refractivity contribution is -0.142. The van der Waals surface area contributed by atoms with Crippen LogP contribution in [0.3, 0.4) is 0 Å². The number of likely N-dealkylation sites (N-methyl/N-ethyl adjacent to an activating group) is 1. The van der Waals surface area contributed by atoms with Gasteiger partial charge in [0, 0.05) is 30.7 Å². The summed E-state index contributed by atoms with van der Waals surface area (Å²) in [6, 6.07) is 13.4. The van der Waals surface area contributed by atoms with E-state index in [2.05, 4.69) is 9.80 Å². The molecule has 2 heterocycles. The van der Waals surface area contributed by atoms with E-state index in [9.17, 15) is 4.79 Å². The Morgan fingerprint density at radius 3 is 2.89 bits per heavy atom. The van der Waals surface area contributed by atoms with Crippen molar-refractivity contribution in [3.05, 3.63) is 53.1 Å². The molecular formula is C21H22ClN3O3. The van der Waals surface area contributed by atoms with Crippen molar-refractivity contribution in [2.75, 3.05) is 33.8 Å². The molecule has 2 aliphatic rings. The van der Waals surface area contributed by atoms with Gasteiger partial charge in [-0.2, -0.15) is 0 Å². The van der Waals surface area contributed by atoms with Gasteiger partial charge in [0.1, 0.15) is 17.3 Å². The van der Waals surface area contributed by atoms with Crippen LogP contribution < -0.4 is 4.74 Å². The highest BCUT2D eigenvalue weighted by molar-refractivity contribution is 6.31. The van der Waals surface area contributed by atoms with Crippen molar-refractivity contribution in [2.45, 2.75) is 12.5 Å². The quantitative estimate of drug-likeness (QED) is 0.721. The minimum Gasteiger partial charge on any atom is -0.469 e. The molecule has 2 aromatic carbocycles. The number of aliphatic imine (C=N–C) groups is 1. The van der Waals surface area contributed by atoms with Gasteiger partial charge in [0.2, 0.25) is 0 Å². The molecule has 0 saturated carbocycles. The number of fused-ring (bicyclic) bond motifs is 2. The van der Waals surface area contributed by atoms with Crippen LogP contribution in [0.15, 0.2) is 47.5 Å². The maximum Gasteiger partial charge on any atom is 0.307 e. The maximum atomic E-state index is 11.8. The third kappa shape index (κ3) is 3.70. The van der Waals surface area contributed by atoms with Crippen molar-refractivity contribution < 1.29 is 14.3 Å². The Morgan fingerprint density at radius 1 is 1.25 bits per heavy atom. The van der Waals surface area contributed by atoms with Crippen LogP contribution in [0.4, 0.5) is 5.69 Å². The summed E-state index contributed by atoms with van der Waals surface area (Å²) < 4.78 is 11.0. The summed E-state index contributed by atoms with van der Waals surface area (Å²) in [6.07, 6.45) is 0.345. The average molecular weight is 400 g/mol. The second-order valence-corrected chi connectivity index (χ2v) is 7.44. The molecule has 0 aliphatic carbocycles. The first-order chi connectivity index (χ1) is 13.5. The number of ether oxygens (including phenoxy) is 2. The minimum atomic E-state index is -0.206. The number of nitrogens with zero attached hydrogens (tertiary/aromatic N) is 3. The van der Waals surface area contributed by atoms with Crippen molar-refractivity contribution in [1.29, 1.82) is 0 Å². The standard InChI is InChI=1S/C21H22ClN3O3/c1-24-9-10-25(13-15(24)12-20(26)27-2)21-16-5-3-4-6-18(16)28-19-8-7-14(22)11-17(19)23-21/h3-8,11,15H,9-10,12-13H2,1-2H3/t15-/m0/s1. The Labute approximate surface area is 169 Å². The third-order valence-corrected chi connectivity index (χ3v) is 5.44. The molecule has 1 fully saturated rings. The molecule has 2 aliphatic heterocycles. The molecule has 0 radical (unpaired) electrons. The molecule has 2 aromatic rings. The molecule has 0 unspecified atom stereocenters. The zero-order chi connectivity index (χ0) is 19.7. The van der Waals surface area contributed by atoms with E-state index in [1.807, 2.05) is 43.4 Å². The van der Waals surface area contributed by atoms with E-state index >= 15 is 0 Å². The van der Waals surface area contributed by atoms with Crippen molar-refractivity contribution in [2.24, 2.45) is 4.99 Å². The number of carbonyl (C=O) groups is 1. The SMILES string of the molecule is COC(=O)C[C@H]1CN(C2=Nc3cc(Cl)ccc3Oc3ccccc32)CCN1C. The maximum absolute atomic E-state index is 11.8. The van der Waals surface area contributed by atoms with Gasteiger partial charge in [-0.15, -0.1) is 0 Å². The lowest BCUT2D eigenvalue weighted by Crippen LogP contribution is -2.54. The average Bonchev–Trinajstić information content (AvgIpc) is 2.86. The number of rotatable bonds is 2. The lowest BCUT2D eigenvalue weighted by atomic mass is 10.1. The van der Waals surface area contributed by atoms with Gasteiger partial charge in [-0.1, -0.05) is 23.7 Å². The van der Waals surface area contributed by atoms with Crippen LogP contribution in [0.1, 0.15) is 12.0 Å². The Balaban J connectivity index is 1.73. The summed E-state index contributed by atoms with van der Waals surface area (Å²) in [7, 11) is 3.46. The van der Waals surface area contributed by atoms with E-state index in [0.717, 1.165) is 30.2 Å². The van der Waals surface area contributed by atoms with Crippen molar-refractivity contribution in [1.82, 2.24) is 9.80 Å². The number of halogens is 1. The van der Waals surface area contributed by atoms with Crippen LogP contribution in [0.25, 0.3) is 0 Å². The zero-order valence-electron chi connectivity index (χ0n) is 15.9. The van der Waals surface area contributed by atoms with Crippen molar-refractivity contribution in [3.8, 4) is 11.5 Å². The number of amidine groups is 1. The second-order valence-electron chi connectivity index (χ2n) is 7.01. The van der Waals surface area contributed by atoms with E-state index in [0.29, 0.717) is 29.4 Å². The highest BCUT2D eigenvalue weighted by Crippen LogP contribution is 2.39. The van der Waals surface area contributed by atoms with Gasteiger partial charge in [0.25, 0.3) is 0 Å². The number of benzene rings is 2. The van der Waals surface area contributed by atoms with Gasteiger partial charge < -0.3 is 14.4 Å². The lowest BCUT2D eigenvalue weighted by Gasteiger charge is -2.40. The molecule has 1 saturated heterocycles. The number of esters is 1. The first kappa shape index (κ1) is 18.8. The number of hydrogen-bond acceptors (Lipinski definition) is 6. The van der Waals surface area contributed by atoms with Crippen molar-refractivity contribution >= 4 is 29.1 Å². The predicted molar refractivity (Wildman–Crippen MR) is 109 cm³/mol. The first-order valence-electron chi connectivity index (χ1n) is 9.22. The van der Waals surface area contributed by atoms with Gasteiger partial charge in [-0.3, -0.25) is 9.69 Å². The van der Waals surface area contributed by atoms with E-state index in [1.54, 1.807) is 6.07 Å². The highest BCUT2D eigenvalue weighted by atomic mass is 35.5. The fraction of sp³-hybridized carbons (Fsp3) is 0.333. The first-order valence-corrected chi connectivity index (χ1v) is 9.60. The molecule has 0 spiro atoms. The Kier molecular flexibility index (Phi) is 5.24. The molecule has 0 aromatic heterocycles. The monoisotopic (exact) mass is 399 g/mol. The van der Waals surface area contributed by atoms with Gasteiger partial charge >= 0.3 is 5.97 Å². The molecule has 1 atom stereocenters. The topological polar surface area (TPSA) is 54.4 Å². The number of hydrogen-bond donors (Lipinski definition) is 0. The normalized spacial score (nSPS) is 19.0. The third-order valence-electron chi connectivity index (χ3n) is 5.20. The molecule has 7 heteroatoms. The minimum absolute atomic E-state index is 0.0547. The molecule has 0 amide bonds. The molecule has 4 rings (SSSR count). The summed E-state index contributed by atoms with van der Waals surface area (Å²) >= 11 is 6.19. The summed E-state index contributed by atoms with van der Waals surface area (Å²) in [4.78, 5) is 21.2. The van der Waals surface area contributed by atoms with Crippen LogP contribution in [0, 0.1) is 0 Å². The summed E-state index contributed by atoms with van der Waals surface area (Å²) in [5, 5.41) is 0.610. The number of methoxy groups -OCH3 is 1. The predicted octanol–water partition coefficient (Wildman–Crippen LogP) is 3.70. The molecule has 6 nitrogen and oxygen atoms in total. The molecule has 0 N–H and O–H groups in total. The van der Waals surface area contributed by atoms with Crippen LogP contribution in [0.2, 0.25) is 5.02 Å². The van der Waals surface area contributed by atoms with Gasteiger partial charge in [0.15, 0.2) is 5.75 Å². The fourth-order valence-electron chi connectivity index (χ4n) is 3.57. The van der Waals surface area contributed by atoms with Crippen LogP contribution in [-0.4, -0.2) is 61.4 Å². The number of para-hydroxylation sites is 1. The van der Waals surface area contributed by atoms with Gasteiger partial charge in [-0.25, -0.2) is 4.99 Å². The summed E-state index contributed by atoms with van der Waals surface area (Å²) in [5.41, 5.74) is 1.62. The molecule has 0 bridgehead atoms. The van der Waals surface area contributed by atoms with Crippen molar-refractivity contribution in [3.63, 3.8) is 0 Å². The smallest absolute Gasteiger partial charge is 0.307 e. The van der Waals surface area contributed by atoms with E-state index < -0.39 is 0 Å². The highest BCUT2D eigenvalue weighted by Gasteiger charge is 2.31. The zero-order valence-corrected chi connectivity index (χ0v) is 16.6. The number of piperazine rings is 1. The van der Waals surface area contributed by atoms with E-state index in [4.69, 9.17) is 26.1 Å². The number of carbonyl (C=O) groups excluding carboxylic acids is 1. The Hall–Kier alpha value is -2.57. The fourth-order valence-corrected chi connectivity index (χ4v) is 3.74. The molecule has 28 heavy (non-hydrogen) atoms. The summed E-state index contributed by atoms with van der Waals surface area (Å²) in [6.45, 7) is 2.30. The second kappa shape index (κ2) is 7.81. The summed E-state index contributed by atoms with van der Waals surface area (Å²) in [5.74, 6) is 2.06. The Morgan fingerprint density at radius 2 is 2.07 bits per heavy atom. The molecule has 146 valence electrons. The Bertz CT molecular complexity index is 931. The van der Waals surface area contributed by atoms with E-state index in [-0.39, 0.29) is 12.0 Å². The molecular weight excluding hydrogens is 378 g/mol. The van der Waals surface area contributed by atoms with E-state index in [1.165, 1.54) is 7.11 Å². The van der Waals surface area contributed by atoms with Gasteiger partial charge in [0.05, 0.1) is 19.1 Å². The largest absolute Gasteiger partial charge is 0.469 e.